The quantitative estimate of drug-likeness (QED) is 0.507. The highest BCUT2D eigenvalue weighted by Crippen LogP contribution is 2.13. The molecule has 0 saturated heterocycles. The average molecular weight is 209 g/mol. The maximum atomic E-state index is 12.2. The van der Waals surface area contributed by atoms with Crippen molar-refractivity contribution in [3.63, 3.8) is 0 Å². The van der Waals surface area contributed by atoms with Crippen molar-refractivity contribution in [2.45, 2.75) is 5.09 Å². The summed E-state index contributed by atoms with van der Waals surface area (Å²) in [7, 11) is -3.89. The number of aromatic nitrogens is 1. The van der Waals surface area contributed by atoms with Crippen LogP contribution in [0.5, 0.6) is 0 Å². The zero-order valence-corrected chi connectivity index (χ0v) is 7.17. The molecule has 0 aliphatic heterocycles. The van der Waals surface area contributed by atoms with Gasteiger partial charge in [-0.25, -0.2) is 4.79 Å². The minimum absolute atomic E-state index is 0.404. The number of carbonyl (C=O) groups excluding carboxylic acids is 1. The molecular formula is C5H4FNO5S. The molecule has 0 spiro atoms. The number of hydrogen-bond acceptors (Lipinski definition) is 6. The summed E-state index contributed by atoms with van der Waals surface area (Å²) in [6, 6.07) is 0.640. The second-order valence-corrected chi connectivity index (χ2v) is 3.24. The molecule has 6 nitrogen and oxygen atoms in total. The van der Waals surface area contributed by atoms with Crippen LogP contribution < -0.4 is 0 Å². The third kappa shape index (κ3) is 2.02. The van der Waals surface area contributed by atoms with Crippen LogP contribution in [0.4, 0.5) is 3.89 Å². The number of rotatable bonds is 2. The summed E-state index contributed by atoms with van der Waals surface area (Å²) in [5, 5.41) is 1.96. The van der Waals surface area contributed by atoms with Crippen molar-refractivity contribution in [2.24, 2.45) is 0 Å². The van der Waals surface area contributed by atoms with Crippen molar-refractivity contribution in [1.82, 2.24) is 5.16 Å². The van der Waals surface area contributed by atoms with Gasteiger partial charge in [0.15, 0.2) is 5.69 Å². The molecule has 0 atom stereocenters. The maximum absolute atomic E-state index is 12.2. The average Bonchev–Trinajstić information content (AvgIpc) is 2.50. The number of nitrogens with zero attached hydrogens (tertiary/aromatic N) is 1. The van der Waals surface area contributed by atoms with E-state index in [1.807, 2.05) is 0 Å². The molecule has 0 N–H and O–H groups in total. The molecule has 0 unspecified atom stereocenters. The van der Waals surface area contributed by atoms with Crippen LogP contribution in [0.3, 0.4) is 0 Å². The number of hydrogen-bond donors (Lipinski definition) is 0. The molecule has 0 aromatic carbocycles. The van der Waals surface area contributed by atoms with Gasteiger partial charge in [-0.1, -0.05) is 9.04 Å². The lowest BCUT2D eigenvalue weighted by Crippen LogP contribution is -2.00. The summed E-state index contributed by atoms with van der Waals surface area (Å²) in [6.07, 6.45) is 0. The first kappa shape index (κ1) is 9.65. The van der Waals surface area contributed by atoms with Crippen LogP contribution in [0, 0.1) is 0 Å². The SMILES string of the molecule is COC(=O)c1cc(S(=O)(=O)F)on1. The summed E-state index contributed by atoms with van der Waals surface area (Å²) < 4.78 is 40.8. The normalized spacial score (nSPS) is 11.2. The summed E-state index contributed by atoms with van der Waals surface area (Å²) in [4.78, 5) is 10.7. The van der Waals surface area contributed by atoms with Crippen LogP contribution in [0.15, 0.2) is 15.7 Å². The first-order chi connectivity index (χ1) is 5.95. The summed E-state index contributed by atoms with van der Waals surface area (Å²) in [5.41, 5.74) is -0.404. The zero-order valence-electron chi connectivity index (χ0n) is 6.35. The van der Waals surface area contributed by atoms with Crippen LogP contribution in [-0.4, -0.2) is 26.7 Å². The van der Waals surface area contributed by atoms with E-state index in [-0.39, 0.29) is 0 Å². The van der Waals surface area contributed by atoms with E-state index in [0.29, 0.717) is 6.07 Å². The molecule has 72 valence electrons. The monoisotopic (exact) mass is 209 g/mol. The highest BCUT2D eigenvalue weighted by atomic mass is 32.3. The lowest BCUT2D eigenvalue weighted by atomic mass is 10.4. The number of methoxy groups -OCH3 is 1. The number of carbonyl (C=O) groups is 1. The number of esters is 1. The first-order valence-electron chi connectivity index (χ1n) is 2.95. The molecule has 0 aliphatic carbocycles. The third-order valence-electron chi connectivity index (χ3n) is 1.12. The fraction of sp³-hybridized carbons (Fsp3) is 0.200. The van der Waals surface area contributed by atoms with Gasteiger partial charge in [0.2, 0.25) is 0 Å². The summed E-state index contributed by atoms with van der Waals surface area (Å²) >= 11 is 0. The standard InChI is InChI=1S/C5H4FNO5S/c1-11-5(8)3-2-4(12-7-3)13(6,9)10/h2H,1H3. The largest absolute Gasteiger partial charge is 0.464 e. The van der Waals surface area contributed by atoms with Crippen molar-refractivity contribution in [2.75, 3.05) is 7.11 Å². The predicted molar refractivity (Wildman–Crippen MR) is 36.1 cm³/mol. The van der Waals surface area contributed by atoms with Gasteiger partial charge in [0.1, 0.15) is 0 Å². The molecule has 13 heavy (non-hydrogen) atoms. The van der Waals surface area contributed by atoms with E-state index in [1.54, 1.807) is 0 Å². The predicted octanol–water partition coefficient (Wildman–Crippen LogP) is 0.119. The van der Waals surface area contributed by atoms with E-state index in [1.165, 1.54) is 0 Å². The lowest BCUT2D eigenvalue weighted by Gasteiger charge is -1.88. The van der Waals surface area contributed by atoms with Crippen molar-refractivity contribution < 1.29 is 26.4 Å². The third-order valence-corrected chi connectivity index (χ3v) is 1.80. The molecule has 8 heteroatoms. The Morgan fingerprint density at radius 1 is 1.69 bits per heavy atom. The maximum Gasteiger partial charge on any atom is 0.368 e. The summed E-state index contributed by atoms with van der Waals surface area (Å²) in [5.74, 6) is -0.904. The van der Waals surface area contributed by atoms with Gasteiger partial charge in [-0.3, -0.25) is 0 Å². The van der Waals surface area contributed by atoms with Crippen LogP contribution in [-0.2, 0) is 15.0 Å². The highest BCUT2D eigenvalue weighted by molar-refractivity contribution is 7.86. The zero-order chi connectivity index (χ0) is 10.1. The van der Waals surface area contributed by atoms with Crippen LogP contribution in [0.2, 0.25) is 0 Å². The van der Waals surface area contributed by atoms with Gasteiger partial charge in [0.05, 0.1) is 7.11 Å². The molecule has 0 bridgehead atoms. The molecule has 0 amide bonds. The Hall–Kier alpha value is -1.44. The van der Waals surface area contributed by atoms with E-state index >= 15 is 0 Å². The molecule has 0 radical (unpaired) electrons. The van der Waals surface area contributed by atoms with Gasteiger partial charge in [-0.15, -0.1) is 0 Å². The Kier molecular flexibility index (Phi) is 2.32. The van der Waals surface area contributed by atoms with E-state index < -0.39 is 27.0 Å². The molecule has 0 saturated carbocycles. The minimum Gasteiger partial charge on any atom is -0.464 e. The fourth-order valence-corrected chi connectivity index (χ4v) is 0.953. The molecule has 0 fully saturated rings. The van der Waals surface area contributed by atoms with Gasteiger partial charge < -0.3 is 9.26 Å². The number of ether oxygens (including phenoxy) is 1. The number of halogens is 1. The Balaban J connectivity index is 3.07. The van der Waals surface area contributed by atoms with E-state index in [4.69, 9.17) is 0 Å². The van der Waals surface area contributed by atoms with Crippen molar-refractivity contribution in [3.8, 4) is 0 Å². The van der Waals surface area contributed by atoms with Gasteiger partial charge in [0.25, 0.3) is 5.09 Å². The highest BCUT2D eigenvalue weighted by Gasteiger charge is 2.22. The van der Waals surface area contributed by atoms with Gasteiger partial charge in [-0.2, -0.15) is 8.42 Å². The summed E-state index contributed by atoms with van der Waals surface area (Å²) in [6.45, 7) is 0. The first-order valence-corrected chi connectivity index (χ1v) is 4.33. The van der Waals surface area contributed by atoms with Crippen molar-refractivity contribution in [1.29, 1.82) is 0 Å². The smallest absolute Gasteiger partial charge is 0.368 e. The van der Waals surface area contributed by atoms with E-state index in [9.17, 15) is 17.1 Å². The second kappa shape index (κ2) is 3.13. The van der Waals surface area contributed by atoms with Crippen molar-refractivity contribution in [3.05, 3.63) is 11.8 Å². The Morgan fingerprint density at radius 3 is 2.69 bits per heavy atom. The van der Waals surface area contributed by atoms with E-state index in [2.05, 4.69) is 14.4 Å². The Morgan fingerprint density at radius 2 is 2.31 bits per heavy atom. The molecule has 1 heterocycles. The van der Waals surface area contributed by atoms with Crippen LogP contribution in [0.1, 0.15) is 10.5 Å². The lowest BCUT2D eigenvalue weighted by molar-refractivity contribution is 0.0588. The van der Waals surface area contributed by atoms with Gasteiger partial charge >= 0.3 is 16.2 Å². The molecule has 1 rings (SSSR count). The van der Waals surface area contributed by atoms with Crippen LogP contribution >= 0.6 is 0 Å². The van der Waals surface area contributed by atoms with Crippen LogP contribution in [0.25, 0.3) is 0 Å². The second-order valence-electron chi connectivity index (χ2n) is 1.96. The van der Waals surface area contributed by atoms with E-state index in [0.717, 1.165) is 7.11 Å². The van der Waals surface area contributed by atoms with Crippen molar-refractivity contribution >= 4 is 16.2 Å². The minimum atomic E-state index is -4.96. The van der Waals surface area contributed by atoms with Gasteiger partial charge in [-0.05, 0) is 0 Å². The molecule has 1 aromatic rings. The topological polar surface area (TPSA) is 86.5 Å². The molecule has 1 aromatic heterocycles. The van der Waals surface area contributed by atoms with Gasteiger partial charge in [0, 0.05) is 6.07 Å². The molecule has 0 aliphatic rings. The Bertz CT molecular complexity index is 422. The molecular weight excluding hydrogens is 205 g/mol. The fourth-order valence-electron chi connectivity index (χ4n) is 0.574. The Labute approximate surface area is 72.5 Å².